The molecule has 0 aliphatic carbocycles. The van der Waals surface area contributed by atoms with Crippen LogP contribution < -0.4 is 5.32 Å². The van der Waals surface area contributed by atoms with Crippen LogP contribution in [0.4, 0.5) is 15.9 Å². The summed E-state index contributed by atoms with van der Waals surface area (Å²) < 4.78 is 16.8. The first-order valence-electron chi connectivity index (χ1n) is 7.52. The number of nitrogens with zero attached hydrogens (tertiary/aromatic N) is 4. The third-order valence-corrected chi connectivity index (χ3v) is 4.29. The van der Waals surface area contributed by atoms with Gasteiger partial charge >= 0.3 is 0 Å². The molecule has 0 aliphatic rings. The van der Waals surface area contributed by atoms with Gasteiger partial charge in [-0.2, -0.15) is 0 Å². The molecule has 0 saturated heterocycles. The van der Waals surface area contributed by atoms with Crippen LogP contribution in [0.5, 0.6) is 0 Å². The van der Waals surface area contributed by atoms with Crippen molar-refractivity contribution in [2.75, 3.05) is 5.32 Å². The van der Waals surface area contributed by atoms with Crippen LogP contribution in [-0.2, 0) is 6.42 Å². The molecule has 4 rings (SSSR count). The number of hydrogen-bond donors (Lipinski definition) is 1. The van der Waals surface area contributed by atoms with E-state index >= 15 is 0 Å². The van der Waals surface area contributed by atoms with Gasteiger partial charge < -0.3 is 5.32 Å². The van der Waals surface area contributed by atoms with E-state index in [2.05, 4.69) is 36.4 Å². The zero-order valence-corrected chi connectivity index (χ0v) is 14.4. The molecule has 0 atom stereocenters. The minimum Gasteiger partial charge on any atom is -0.335 e. The Hall–Kier alpha value is -2.54. The molecule has 5 nitrogen and oxygen atoms in total. The Morgan fingerprint density at radius 2 is 2.00 bits per heavy atom. The Labute approximate surface area is 145 Å². The highest BCUT2D eigenvalue weighted by atomic mass is 79.9. The van der Waals surface area contributed by atoms with Crippen molar-refractivity contribution in [1.82, 2.24) is 19.6 Å². The highest BCUT2D eigenvalue weighted by molar-refractivity contribution is 9.10. The number of halogens is 2. The van der Waals surface area contributed by atoms with Crippen molar-refractivity contribution in [1.29, 1.82) is 0 Å². The number of hydrogen-bond acceptors (Lipinski definition) is 4. The van der Waals surface area contributed by atoms with Crippen molar-refractivity contribution in [3.8, 4) is 0 Å². The molecule has 0 bridgehead atoms. The number of aromatic nitrogens is 4. The normalized spacial score (nSPS) is 11.3. The van der Waals surface area contributed by atoms with Crippen LogP contribution in [0, 0.1) is 5.82 Å². The van der Waals surface area contributed by atoms with E-state index in [1.54, 1.807) is 12.1 Å². The summed E-state index contributed by atoms with van der Waals surface area (Å²) in [5.74, 6) is 0.942. The number of rotatable bonds is 3. The number of para-hydroxylation sites is 2. The molecule has 0 spiro atoms. The van der Waals surface area contributed by atoms with Gasteiger partial charge in [-0.1, -0.05) is 35.0 Å². The van der Waals surface area contributed by atoms with Crippen LogP contribution in [0.25, 0.3) is 16.7 Å². The molecule has 120 valence electrons. The monoisotopic (exact) mass is 385 g/mol. The molecule has 0 fully saturated rings. The van der Waals surface area contributed by atoms with Crippen molar-refractivity contribution < 1.29 is 4.39 Å². The lowest BCUT2D eigenvalue weighted by atomic mass is 10.2. The molecule has 1 N–H and O–H groups in total. The van der Waals surface area contributed by atoms with Crippen LogP contribution in [0.1, 0.15) is 12.7 Å². The molecule has 2 aromatic heterocycles. The molecular formula is C17H13BrFN5. The molecule has 0 radical (unpaired) electrons. The summed E-state index contributed by atoms with van der Waals surface area (Å²) in [5.41, 5.74) is 2.63. The van der Waals surface area contributed by atoms with Crippen molar-refractivity contribution in [2.45, 2.75) is 13.3 Å². The van der Waals surface area contributed by atoms with Gasteiger partial charge in [-0.3, -0.25) is 4.40 Å². The SMILES string of the molecule is CCc1nnc2c(Nc3ccc(Br)cc3F)nc3ccccc3n12. The van der Waals surface area contributed by atoms with Gasteiger partial charge in [0.2, 0.25) is 5.65 Å². The number of anilines is 2. The molecule has 2 aromatic carbocycles. The average molecular weight is 386 g/mol. The van der Waals surface area contributed by atoms with E-state index in [0.717, 1.165) is 23.3 Å². The van der Waals surface area contributed by atoms with Gasteiger partial charge in [0.05, 0.1) is 16.7 Å². The van der Waals surface area contributed by atoms with Crippen LogP contribution >= 0.6 is 15.9 Å². The first-order valence-corrected chi connectivity index (χ1v) is 8.31. The Bertz CT molecular complexity index is 1060. The number of aryl methyl sites for hydroxylation is 1. The van der Waals surface area contributed by atoms with Crippen molar-refractivity contribution in [3.05, 3.63) is 58.6 Å². The van der Waals surface area contributed by atoms with Crippen molar-refractivity contribution in [3.63, 3.8) is 0 Å². The van der Waals surface area contributed by atoms with Crippen LogP contribution in [0.15, 0.2) is 46.9 Å². The van der Waals surface area contributed by atoms with Crippen LogP contribution in [-0.4, -0.2) is 19.6 Å². The Morgan fingerprint density at radius 3 is 2.79 bits per heavy atom. The Morgan fingerprint density at radius 1 is 1.17 bits per heavy atom. The zero-order chi connectivity index (χ0) is 16.7. The summed E-state index contributed by atoms with van der Waals surface area (Å²) in [6, 6.07) is 12.6. The largest absolute Gasteiger partial charge is 0.335 e. The molecule has 24 heavy (non-hydrogen) atoms. The van der Waals surface area contributed by atoms with Crippen LogP contribution in [0.3, 0.4) is 0 Å². The second kappa shape index (κ2) is 5.83. The van der Waals surface area contributed by atoms with Gasteiger partial charge in [0.25, 0.3) is 0 Å². The fraction of sp³-hybridized carbons (Fsp3) is 0.118. The van der Waals surface area contributed by atoms with Gasteiger partial charge in [0.1, 0.15) is 11.6 Å². The van der Waals surface area contributed by atoms with E-state index < -0.39 is 0 Å². The number of nitrogens with one attached hydrogen (secondary N) is 1. The maximum Gasteiger partial charge on any atom is 0.204 e. The fourth-order valence-electron chi connectivity index (χ4n) is 2.67. The second-order valence-electron chi connectivity index (χ2n) is 5.33. The number of fused-ring (bicyclic) bond motifs is 3. The molecular weight excluding hydrogens is 373 g/mol. The minimum absolute atomic E-state index is 0.337. The molecule has 0 amide bonds. The van der Waals surface area contributed by atoms with E-state index in [1.165, 1.54) is 6.07 Å². The van der Waals surface area contributed by atoms with Crippen LogP contribution in [0.2, 0.25) is 0 Å². The summed E-state index contributed by atoms with van der Waals surface area (Å²) in [7, 11) is 0. The quantitative estimate of drug-likeness (QED) is 0.564. The molecule has 2 heterocycles. The molecule has 0 unspecified atom stereocenters. The topological polar surface area (TPSA) is 55.1 Å². The lowest BCUT2D eigenvalue weighted by molar-refractivity contribution is 0.631. The van der Waals surface area contributed by atoms with Gasteiger partial charge in [-0.05, 0) is 30.3 Å². The van der Waals surface area contributed by atoms with Gasteiger partial charge in [-0.15, -0.1) is 10.2 Å². The van der Waals surface area contributed by atoms with E-state index in [-0.39, 0.29) is 5.82 Å². The maximum absolute atomic E-state index is 14.2. The van der Waals surface area contributed by atoms with Gasteiger partial charge in [0, 0.05) is 10.9 Å². The average Bonchev–Trinajstić information content (AvgIpc) is 3.02. The fourth-order valence-corrected chi connectivity index (χ4v) is 3.01. The summed E-state index contributed by atoms with van der Waals surface area (Å²) in [4.78, 5) is 4.60. The summed E-state index contributed by atoms with van der Waals surface area (Å²) >= 11 is 3.26. The third-order valence-electron chi connectivity index (χ3n) is 3.80. The highest BCUT2D eigenvalue weighted by Crippen LogP contribution is 2.27. The van der Waals surface area contributed by atoms with E-state index in [0.29, 0.717) is 21.6 Å². The first kappa shape index (κ1) is 15.0. The molecule has 7 heteroatoms. The molecule has 0 aliphatic heterocycles. The third kappa shape index (κ3) is 2.41. The van der Waals surface area contributed by atoms with Crippen molar-refractivity contribution in [2.24, 2.45) is 0 Å². The van der Waals surface area contributed by atoms with E-state index in [9.17, 15) is 4.39 Å². The zero-order valence-electron chi connectivity index (χ0n) is 12.8. The summed E-state index contributed by atoms with van der Waals surface area (Å²) in [6.07, 6.45) is 0.737. The smallest absolute Gasteiger partial charge is 0.204 e. The Balaban J connectivity index is 1.95. The van der Waals surface area contributed by atoms with Gasteiger partial charge in [0.15, 0.2) is 5.82 Å². The van der Waals surface area contributed by atoms with Crippen molar-refractivity contribution >= 4 is 44.1 Å². The summed E-state index contributed by atoms with van der Waals surface area (Å²) in [6.45, 7) is 2.02. The van der Waals surface area contributed by atoms with E-state index in [1.807, 2.05) is 35.6 Å². The highest BCUT2D eigenvalue weighted by Gasteiger charge is 2.15. The lowest BCUT2D eigenvalue weighted by Crippen LogP contribution is -2.03. The molecule has 4 aromatic rings. The first-order chi connectivity index (χ1) is 11.7. The minimum atomic E-state index is -0.368. The lowest BCUT2D eigenvalue weighted by Gasteiger charge is -2.10. The molecule has 0 saturated carbocycles. The standard InChI is InChI=1S/C17H13BrFN5/c1-2-15-22-23-17-16(20-12-8-7-10(18)9-11(12)19)21-13-5-3-4-6-14(13)24(15)17/h3-9H,2H2,1H3,(H,20,21). The Kier molecular flexibility index (Phi) is 3.65. The second-order valence-corrected chi connectivity index (χ2v) is 6.24. The summed E-state index contributed by atoms with van der Waals surface area (Å²) in [5, 5.41) is 11.5. The number of benzene rings is 2. The predicted molar refractivity (Wildman–Crippen MR) is 95.0 cm³/mol. The van der Waals surface area contributed by atoms with E-state index in [4.69, 9.17) is 0 Å². The predicted octanol–water partition coefficient (Wildman–Crippen LogP) is 4.49. The van der Waals surface area contributed by atoms with Gasteiger partial charge in [-0.25, -0.2) is 9.37 Å². The maximum atomic E-state index is 14.2.